The number of rotatable bonds is 3. The van der Waals surface area contributed by atoms with Gasteiger partial charge in [0.05, 0.1) is 4.05 Å². The second kappa shape index (κ2) is 5.09. The zero-order valence-electron chi connectivity index (χ0n) is 8.04. The Morgan fingerprint density at radius 3 is 2.79 bits per heavy atom. The molecule has 1 saturated heterocycles. The second-order valence-corrected chi connectivity index (χ2v) is 4.88. The molecule has 3 heteroatoms. The molecule has 1 heterocycles. The number of hydrogen-bond donors (Lipinski definition) is 2. The van der Waals surface area contributed by atoms with Crippen molar-refractivity contribution >= 4 is 22.6 Å². The van der Waals surface area contributed by atoms with E-state index in [9.17, 15) is 0 Å². The van der Waals surface area contributed by atoms with E-state index in [0.29, 0.717) is 10.1 Å². The van der Waals surface area contributed by atoms with Crippen LogP contribution < -0.4 is 10.6 Å². The van der Waals surface area contributed by atoms with Crippen LogP contribution in [-0.4, -0.2) is 19.1 Å². The molecule has 14 heavy (non-hydrogen) atoms. The van der Waals surface area contributed by atoms with Gasteiger partial charge in [-0.3, -0.25) is 5.32 Å². The molecule has 1 aliphatic rings. The molecule has 1 aromatic rings. The van der Waals surface area contributed by atoms with E-state index < -0.39 is 0 Å². The average molecular weight is 302 g/mol. The van der Waals surface area contributed by atoms with Gasteiger partial charge >= 0.3 is 0 Å². The summed E-state index contributed by atoms with van der Waals surface area (Å²) in [4.78, 5) is 0. The summed E-state index contributed by atoms with van der Waals surface area (Å²) in [6.07, 6.45) is 1.24. The molecular formula is C11H15IN2. The van der Waals surface area contributed by atoms with Crippen LogP contribution in [0, 0.1) is 0 Å². The van der Waals surface area contributed by atoms with E-state index >= 15 is 0 Å². The van der Waals surface area contributed by atoms with Gasteiger partial charge in [0.15, 0.2) is 0 Å². The third-order valence-corrected chi connectivity index (χ3v) is 3.61. The zero-order valence-corrected chi connectivity index (χ0v) is 10.2. The molecule has 2 N–H and O–H groups in total. The molecule has 2 atom stereocenters. The van der Waals surface area contributed by atoms with Crippen LogP contribution in [0.1, 0.15) is 16.0 Å². The van der Waals surface area contributed by atoms with E-state index in [2.05, 4.69) is 63.6 Å². The van der Waals surface area contributed by atoms with Gasteiger partial charge in [-0.25, -0.2) is 0 Å². The highest BCUT2D eigenvalue weighted by Crippen LogP contribution is 2.21. The molecule has 0 aromatic heterocycles. The topological polar surface area (TPSA) is 24.1 Å². The molecule has 1 fully saturated rings. The zero-order chi connectivity index (χ0) is 9.80. The Balaban J connectivity index is 1.92. The van der Waals surface area contributed by atoms with Crippen molar-refractivity contribution in [2.24, 2.45) is 0 Å². The molecule has 2 unspecified atom stereocenters. The second-order valence-electron chi connectivity index (χ2n) is 3.63. The molecule has 2 nitrogen and oxygen atoms in total. The molecule has 0 amide bonds. The lowest BCUT2D eigenvalue weighted by Crippen LogP contribution is -2.31. The minimum atomic E-state index is 0.429. The van der Waals surface area contributed by atoms with Crippen molar-refractivity contribution < 1.29 is 0 Å². The van der Waals surface area contributed by atoms with Crippen LogP contribution >= 0.6 is 22.6 Å². The Hall–Kier alpha value is -0.130. The molecule has 0 aliphatic carbocycles. The normalized spacial score (nSPS) is 23.6. The Kier molecular flexibility index (Phi) is 3.78. The molecule has 1 aliphatic heterocycles. The van der Waals surface area contributed by atoms with E-state index in [4.69, 9.17) is 0 Å². The van der Waals surface area contributed by atoms with Gasteiger partial charge in [-0.2, -0.15) is 0 Å². The summed E-state index contributed by atoms with van der Waals surface area (Å²) in [5.41, 5.74) is 1.36. The quantitative estimate of drug-likeness (QED) is 0.507. The molecule has 0 spiro atoms. The summed E-state index contributed by atoms with van der Waals surface area (Å²) in [5.74, 6) is 0. The number of alkyl halides is 1. The Labute approximate surface area is 98.6 Å². The molecule has 0 radical (unpaired) electrons. The minimum Gasteiger partial charge on any atom is -0.315 e. The standard InChI is InChI=1S/C11H15IN2/c12-11(9-4-2-1-3-5-9)14-10-6-7-13-8-10/h1-5,10-11,13-14H,6-8H2. The summed E-state index contributed by atoms with van der Waals surface area (Å²) in [6.45, 7) is 2.25. The van der Waals surface area contributed by atoms with Crippen molar-refractivity contribution in [3.05, 3.63) is 35.9 Å². The van der Waals surface area contributed by atoms with Crippen molar-refractivity contribution in [2.45, 2.75) is 16.5 Å². The minimum absolute atomic E-state index is 0.429. The smallest absolute Gasteiger partial charge is 0.0852 e. The largest absolute Gasteiger partial charge is 0.315 e. The number of halogens is 1. The maximum Gasteiger partial charge on any atom is 0.0852 e. The summed E-state index contributed by atoms with van der Waals surface area (Å²) in [7, 11) is 0. The van der Waals surface area contributed by atoms with Gasteiger partial charge in [0.2, 0.25) is 0 Å². The van der Waals surface area contributed by atoms with Crippen molar-refractivity contribution in [3.8, 4) is 0 Å². The van der Waals surface area contributed by atoms with E-state index in [1.807, 2.05) is 0 Å². The fourth-order valence-corrected chi connectivity index (χ4v) is 2.65. The van der Waals surface area contributed by atoms with Crippen molar-refractivity contribution in [1.82, 2.24) is 10.6 Å². The van der Waals surface area contributed by atoms with Gasteiger partial charge in [-0.1, -0.05) is 52.9 Å². The van der Waals surface area contributed by atoms with Crippen molar-refractivity contribution in [3.63, 3.8) is 0 Å². The summed E-state index contributed by atoms with van der Waals surface area (Å²) < 4.78 is 0.429. The first-order valence-corrected chi connectivity index (χ1v) is 6.26. The summed E-state index contributed by atoms with van der Waals surface area (Å²) in [5, 5.41) is 6.98. The van der Waals surface area contributed by atoms with Crippen LogP contribution in [-0.2, 0) is 0 Å². The summed E-state index contributed by atoms with van der Waals surface area (Å²) in [6, 6.07) is 11.2. The predicted molar refractivity (Wildman–Crippen MR) is 67.6 cm³/mol. The maximum atomic E-state index is 3.62. The van der Waals surface area contributed by atoms with Crippen LogP contribution in [0.4, 0.5) is 0 Å². The monoisotopic (exact) mass is 302 g/mol. The molecule has 2 rings (SSSR count). The third-order valence-electron chi connectivity index (χ3n) is 2.53. The predicted octanol–water partition coefficient (Wildman–Crippen LogP) is 2.07. The van der Waals surface area contributed by atoms with Gasteiger partial charge in [0.1, 0.15) is 0 Å². The van der Waals surface area contributed by atoms with E-state index in [1.165, 1.54) is 12.0 Å². The highest BCUT2D eigenvalue weighted by atomic mass is 127. The average Bonchev–Trinajstić information content (AvgIpc) is 2.72. The first-order valence-electron chi connectivity index (χ1n) is 5.02. The lowest BCUT2D eigenvalue weighted by molar-refractivity contribution is 0.550. The lowest BCUT2D eigenvalue weighted by Gasteiger charge is -2.17. The third kappa shape index (κ3) is 2.68. The van der Waals surface area contributed by atoms with Gasteiger partial charge < -0.3 is 5.32 Å². The molecule has 76 valence electrons. The first kappa shape index (κ1) is 10.4. The SMILES string of the molecule is IC(NC1CCNC1)c1ccccc1. The van der Waals surface area contributed by atoms with E-state index in [0.717, 1.165) is 13.1 Å². The number of hydrogen-bond acceptors (Lipinski definition) is 2. The van der Waals surface area contributed by atoms with E-state index in [1.54, 1.807) is 0 Å². The van der Waals surface area contributed by atoms with Gasteiger partial charge in [0.25, 0.3) is 0 Å². The molecule has 1 aromatic carbocycles. The summed E-state index contributed by atoms with van der Waals surface area (Å²) >= 11 is 2.46. The van der Waals surface area contributed by atoms with Crippen LogP contribution in [0.25, 0.3) is 0 Å². The lowest BCUT2D eigenvalue weighted by atomic mass is 10.2. The van der Waals surface area contributed by atoms with Crippen LogP contribution in [0.2, 0.25) is 0 Å². The number of nitrogens with one attached hydrogen (secondary N) is 2. The van der Waals surface area contributed by atoms with Gasteiger partial charge in [-0.15, -0.1) is 0 Å². The Morgan fingerprint density at radius 1 is 1.36 bits per heavy atom. The van der Waals surface area contributed by atoms with Crippen LogP contribution in [0.15, 0.2) is 30.3 Å². The maximum absolute atomic E-state index is 3.62. The van der Waals surface area contributed by atoms with Crippen LogP contribution in [0.5, 0.6) is 0 Å². The molecule has 0 bridgehead atoms. The highest BCUT2D eigenvalue weighted by molar-refractivity contribution is 14.1. The molecule has 0 saturated carbocycles. The Bertz CT molecular complexity index is 270. The van der Waals surface area contributed by atoms with Crippen molar-refractivity contribution in [1.29, 1.82) is 0 Å². The fourth-order valence-electron chi connectivity index (χ4n) is 1.72. The van der Waals surface area contributed by atoms with Crippen molar-refractivity contribution in [2.75, 3.05) is 13.1 Å². The van der Waals surface area contributed by atoms with E-state index in [-0.39, 0.29) is 0 Å². The number of benzene rings is 1. The Morgan fingerprint density at radius 2 is 2.14 bits per heavy atom. The molecular weight excluding hydrogens is 287 g/mol. The van der Waals surface area contributed by atoms with Gasteiger partial charge in [-0.05, 0) is 18.5 Å². The highest BCUT2D eigenvalue weighted by Gasteiger charge is 2.17. The van der Waals surface area contributed by atoms with Gasteiger partial charge in [0, 0.05) is 12.6 Å². The first-order chi connectivity index (χ1) is 6.86. The fraction of sp³-hybridized carbons (Fsp3) is 0.455. The van der Waals surface area contributed by atoms with Crippen LogP contribution in [0.3, 0.4) is 0 Å².